The van der Waals surface area contributed by atoms with E-state index in [1.165, 1.54) is 11.3 Å². The number of hydrogen-bond donors (Lipinski definition) is 2. The molecule has 0 bridgehead atoms. The van der Waals surface area contributed by atoms with Crippen LogP contribution in [0.3, 0.4) is 0 Å². The Kier molecular flexibility index (Phi) is 5.27. The van der Waals surface area contributed by atoms with Crippen molar-refractivity contribution < 1.29 is 4.79 Å². The molecule has 0 saturated carbocycles. The van der Waals surface area contributed by atoms with Gasteiger partial charge in [0.1, 0.15) is 5.01 Å². The van der Waals surface area contributed by atoms with E-state index in [0.717, 1.165) is 35.6 Å². The molecule has 0 aliphatic carbocycles. The van der Waals surface area contributed by atoms with E-state index >= 15 is 0 Å². The van der Waals surface area contributed by atoms with Crippen molar-refractivity contribution in [1.29, 1.82) is 0 Å². The van der Waals surface area contributed by atoms with E-state index in [1.807, 2.05) is 32.0 Å². The number of carbonyl (C=O) groups excluding carboxylic acids is 1. The Balaban J connectivity index is 2.06. The van der Waals surface area contributed by atoms with Gasteiger partial charge in [-0.15, -0.1) is 10.2 Å². The molecular weight excluding hydrogens is 284 g/mol. The summed E-state index contributed by atoms with van der Waals surface area (Å²) in [6, 6.07) is 5.65. The van der Waals surface area contributed by atoms with Crippen LogP contribution in [0.5, 0.6) is 0 Å². The van der Waals surface area contributed by atoms with Crippen LogP contribution in [0.25, 0.3) is 0 Å². The molecule has 2 aromatic rings. The first-order valence-corrected chi connectivity index (χ1v) is 7.94. The van der Waals surface area contributed by atoms with Crippen LogP contribution in [0, 0.1) is 6.92 Å². The number of carbonyl (C=O) groups is 1. The average molecular weight is 304 g/mol. The minimum absolute atomic E-state index is 0.154. The molecule has 0 aliphatic heterocycles. The molecule has 5 nitrogen and oxygen atoms in total. The van der Waals surface area contributed by atoms with Crippen molar-refractivity contribution in [2.24, 2.45) is 0 Å². The molecule has 0 saturated heterocycles. The Morgan fingerprint density at radius 1 is 1.29 bits per heavy atom. The maximum atomic E-state index is 12.2. The highest BCUT2D eigenvalue weighted by Gasteiger charge is 2.11. The molecule has 0 radical (unpaired) electrons. The third-order valence-electron chi connectivity index (χ3n) is 3.04. The van der Waals surface area contributed by atoms with E-state index in [9.17, 15) is 4.79 Å². The lowest BCUT2D eigenvalue weighted by Gasteiger charge is -2.10. The summed E-state index contributed by atoms with van der Waals surface area (Å²) in [5, 5.41) is 15.5. The van der Waals surface area contributed by atoms with Gasteiger partial charge in [-0.25, -0.2) is 0 Å². The summed E-state index contributed by atoms with van der Waals surface area (Å²) in [5.74, 6) is -0.154. The Labute approximate surface area is 128 Å². The maximum Gasteiger partial charge on any atom is 0.257 e. The third-order valence-corrected chi connectivity index (χ3v) is 4.03. The summed E-state index contributed by atoms with van der Waals surface area (Å²) < 4.78 is 0. The number of amides is 1. The molecule has 6 heteroatoms. The van der Waals surface area contributed by atoms with Gasteiger partial charge in [-0.1, -0.05) is 25.2 Å². The lowest BCUT2D eigenvalue weighted by Crippen LogP contribution is -2.12. The van der Waals surface area contributed by atoms with Gasteiger partial charge in [0.25, 0.3) is 5.91 Å². The first-order chi connectivity index (χ1) is 10.1. The molecular formula is C15H20N4OS. The molecule has 2 N–H and O–H groups in total. The van der Waals surface area contributed by atoms with Crippen LogP contribution in [0.1, 0.15) is 41.2 Å². The summed E-state index contributed by atoms with van der Waals surface area (Å²) in [6.07, 6.45) is 1.89. The zero-order valence-electron chi connectivity index (χ0n) is 12.6. The fraction of sp³-hybridized carbons (Fsp3) is 0.400. The van der Waals surface area contributed by atoms with Crippen molar-refractivity contribution >= 4 is 28.1 Å². The van der Waals surface area contributed by atoms with E-state index in [2.05, 4.69) is 27.8 Å². The van der Waals surface area contributed by atoms with E-state index in [0.29, 0.717) is 10.7 Å². The summed E-state index contributed by atoms with van der Waals surface area (Å²) >= 11 is 1.41. The van der Waals surface area contributed by atoms with Gasteiger partial charge in [-0.05, 0) is 43.5 Å². The second-order valence-corrected chi connectivity index (χ2v) is 5.83. The smallest absolute Gasteiger partial charge is 0.257 e. The molecule has 0 fully saturated rings. The van der Waals surface area contributed by atoms with Crippen molar-refractivity contribution in [3.63, 3.8) is 0 Å². The van der Waals surface area contributed by atoms with Crippen LogP contribution in [-0.2, 0) is 6.42 Å². The van der Waals surface area contributed by atoms with Crippen LogP contribution in [0.4, 0.5) is 10.8 Å². The minimum Gasteiger partial charge on any atom is -0.385 e. The lowest BCUT2D eigenvalue weighted by atomic mass is 10.1. The largest absolute Gasteiger partial charge is 0.385 e. The summed E-state index contributed by atoms with van der Waals surface area (Å²) in [7, 11) is 0. The predicted molar refractivity (Wildman–Crippen MR) is 87.2 cm³/mol. The molecule has 1 aromatic heterocycles. The van der Waals surface area contributed by atoms with Crippen molar-refractivity contribution in [2.75, 3.05) is 17.2 Å². The maximum absolute atomic E-state index is 12.2. The van der Waals surface area contributed by atoms with Crippen molar-refractivity contribution in [3.05, 3.63) is 34.3 Å². The standard InChI is InChI=1S/C15H20N4OS/c1-4-8-16-12-7-6-11(9-10(12)3)14(20)17-15-19-18-13(5-2)21-15/h6-7,9,16H,4-5,8H2,1-3H3,(H,17,19,20). The highest BCUT2D eigenvalue weighted by atomic mass is 32.1. The highest BCUT2D eigenvalue weighted by Crippen LogP contribution is 2.19. The van der Waals surface area contributed by atoms with Gasteiger partial charge in [0, 0.05) is 17.8 Å². The van der Waals surface area contributed by atoms with Gasteiger partial charge < -0.3 is 5.32 Å². The van der Waals surface area contributed by atoms with E-state index < -0.39 is 0 Å². The van der Waals surface area contributed by atoms with E-state index in [1.54, 1.807) is 0 Å². The van der Waals surface area contributed by atoms with Crippen LogP contribution in [-0.4, -0.2) is 22.6 Å². The minimum atomic E-state index is -0.154. The molecule has 1 aromatic carbocycles. The van der Waals surface area contributed by atoms with Crippen molar-refractivity contribution in [3.8, 4) is 0 Å². The van der Waals surface area contributed by atoms with Crippen molar-refractivity contribution in [1.82, 2.24) is 10.2 Å². The van der Waals surface area contributed by atoms with Crippen LogP contribution >= 0.6 is 11.3 Å². The lowest BCUT2D eigenvalue weighted by molar-refractivity contribution is 0.102. The topological polar surface area (TPSA) is 66.9 Å². The molecule has 1 amide bonds. The van der Waals surface area contributed by atoms with Gasteiger partial charge in [0.05, 0.1) is 0 Å². The Morgan fingerprint density at radius 3 is 2.71 bits per heavy atom. The van der Waals surface area contributed by atoms with Gasteiger partial charge in [-0.2, -0.15) is 0 Å². The number of aromatic nitrogens is 2. The molecule has 0 unspecified atom stereocenters. The fourth-order valence-corrected chi connectivity index (χ4v) is 2.55. The molecule has 1 heterocycles. The summed E-state index contributed by atoms with van der Waals surface area (Å²) in [5.41, 5.74) is 2.75. The first-order valence-electron chi connectivity index (χ1n) is 7.12. The zero-order valence-corrected chi connectivity index (χ0v) is 13.4. The molecule has 0 aliphatic rings. The Morgan fingerprint density at radius 2 is 2.10 bits per heavy atom. The third kappa shape index (κ3) is 4.01. The van der Waals surface area contributed by atoms with Gasteiger partial charge >= 0.3 is 0 Å². The second-order valence-electron chi connectivity index (χ2n) is 4.77. The number of hydrogen-bond acceptors (Lipinski definition) is 5. The Hall–Kier alpha value is -1.95. The Bertz CT molecular complexity index is 624. The number of aryl methyl sites for hydroxylation is 2. The monoisotopic (exact) mass is 304 g/mol. The second kappa shape index (κ2) is 7.17. The SMILES string of the molecule is CCCNc1ccc(C(=O)Nc2nnc(CC)s2)cc1C. The molecule has 0 spiro atoms. The molecule has 21 heavy (non-hydrogen) atoms. The number of nitrogens with one attached hydrogen (secondary N) is 2. The van der Waals surface area contributed by atoms with Crippen LogP contribution < -0.4 is 10.6 Å². The molecule has 0 atom stereocenters. The summed E-state index contributed by atoms with van der Waals surface area (Å²) in [6.45, 7) is 7.06. The van der Waals surface area contributed by atoms with Gasteiger partial charge in [0.2, 0.25) is 5.13 Å². The highest BCUT2D eigenvalue weighted by molar-refractivity contribution is 7.15. The van der Waals surface area contributed by atoms with Crippen LogP contribution in [0.2, 0.25) is 0 Å². The fourth-order valence-electron chi connectivity index (χ4n) is 1.88. The number of anilines is 2. The van der Waals surface area contributed by atoms with Crippen molar-refractivity contribution in [2.45, 2.75) is 33.6 Å². The number of rotatable bonds is 6. The zero-order chi connectivity index (χ0) is 15.2. The average Bonchev–Trinajstić information content (AvgIpc) is 2.93. The van der Waals surface area contributed by atoms with E-state index in [-0.39, 0.29) is 5.91 Å². The van der Waals surface area contributed by atoms with Gasteiger partial charge in [0.15, 0.2) is 0 Å². The number of nitrogens with zero attached hydrogens (tertiary/aromatic N) is 2. The summed E-state index contributed by atoms with van der Waals surface area (Å²) in [4.78, 5) is 12.2. The number of benzene rings is 1. The van der Waals surface area contributed by atoms with E-state index in [4.69, 9.17) is 0 Å². The molecule has 112 valence electrons. The predicted octanol–water partition coefficient (Wildman–Crippen LogP) is 3.48. The van der Waals surface area contributed by atoms with Gasteiger partial charge in [-0.3, -0.25) is 10.1 Å². The normalized spacial score (nSPS) is 10.4. The quantitative estimate of drug-likeness (QED) is 0.857. The first kappa shape index (κ1) is 15.4. The molecule has 2 rings (SSSR count). The van der Waals surface area contributed by atoms with Crippen LogP contribution in [0.15, 0.2) is 18.2 Å².